The SMILES string of the molecule is O=C(NCCO)c1c(O)c2ncc3c(ccn3Cc3ccc(F)cc3)c2[nH]c1=O. The molecule has 0 radical (unpaired) electrons. The molecule has 4 aromatic rings. The first-order chi connectivity index (χ1) is 14.0. The van der Waals surface area contributed by atoms with E-state index in [1.54, 1.807) is 24.4 Å². The third-order valence-corrected chi connectivity index (χ3v) is 4.65. The third kappa shape index (κ3) is 3.32. The number of aromatic hydroxyl groups is 1. The van der Waals surface area contributed by atoms with Gasteiger partial charge in [0.1, 0.15) is 16.9 Å². The number of aromatic amines is 1. The van der Waals surface area contributed by atoms with Crippen molar-refractivity contribution in [2.45, 2.75) is 6.54 Å². The van der Waals surface area contributed by atoms with Gasteiger partial charge in [-0.2, -0.15) is 0 Å². The van der Waals surface area contributed by atoms with E-state index in [1.165, 1.54) is 18.3 Å². The number of benzene rings is 1. The average molecular weight is 396 g/mol. The second-order valence-electron chi connectivity index (χ2n) is 6.51. The van der Waals surface area contributed by atoms with Crippen molar-refractivity contribution < 1.29 is 19.4 Å². The number of hydrogen-bond acceptors (Lipinski definition) is 5. The van der Waals surface area contributed by atoms with E-state index in [9.17, 15) is 19.1 Å². The lowest BCUT2D eigenvalue weighted by Gasteiger charge is -2.09. The second-order valence-corrected chi connectivity index (χ2v) is 6.51. The molecule has 8 nitrogen and oxygen atoms in total. The van der Waals surface area contributed by atoms with Crippen LogP contribution in [0.25, 0.3) is 21.9 Å². The number of carbonyl (C=O) groups excluding carboxylic acids is 1. The minimum atomic E-state index is -0.796. The largest absolute Gasteiger partial charge is 0.505 e. The zero-order chi connectivity index (χ0) is 20.5. The number of nitrogens with one attached hydrogen (secondary N) is 2. The van der Waals surface area contributed by atoms with Gasteiger partial charge in [0, 0.05) is 24.7 Å². The van der Waals surface area contributed by atoms with Crippen molar-refractivity contribution in [3.63, 3.8) is 0 Å². The summed E-state index contributed by atoms with van der Waals surface area (Å²) >= 11 is 0. The van der Waals surface area contributed by atoms with Gasteiger partial charge in [-0.15, -0.1) is 0 Å². The van der Waals surface area contributed by atoms with Crippen LogP contribution in [0.2, 0.25) is 0 Å². The van der Waals surface area contributed by atoms with E-state index in [0.29, 0.717) is 23.0 Å². The molecule has 0 aliphatic heterocycles. The van der Waals surface area contributed by atoms with Gasteiger partial charge in [-0.1, -0.05) is 12.1 Å². The van der Waals surface area contributed by atoms with Crippen molar-refractivity contribution in [2.24, 2.45) is 0 Å². The summed E-state index contributed by atoms with van der Waals surface area (Å²) in [6.45, 7) is 0.127. The van der Waals surface area contributed by atoms with Crippen LogP contribution in [0.5, 0.6) is 5.75 Å². The number of aliphatic hydroxyl groups excluding tert-OH is 1. The molecule has 1 amide bonds. The summed E-state index contributed by atoms with van der Waals surface area (Å²) in [6.07, 6.45) is 3.33. The number of amides is 1. The van der Waals surface area contributed by atoms with Crippen LogP contribution in [0.3, 0.4) is 0 Å². The van der Waals surface area contributed by atoms with E-state index in [4.69, 9.17) is 5.11 Å². The summed E-state index contributed by atoms with van der Waals surface area (Å²) in [6, 6.07) is 7.89. The molecule has 0 spiro atoms. The number of nitrogens with zero attached hydrogens (tertiary/aromatic N) is 2. The Morgan fingerprint density at radius 1 is 1.24 bits per heavy atom. The van der Waals surface area contributed by atoms with Crippen molar-refractivity contribution >= 4 is 27.8 Å². The minimum Gasteiger partial charge on any atom is -0.505 e. The molecule has 0 aliphatic rings. The van der Waals surface area contributed by atoms with Gasteiger partial charge in [-0.05, 0) is 23.8 Å². The Kier molecular flexibility index (Phi) is 4.73. The fraction of sp³-hybridized carbons (Fsp3) is 0.150. The highest BCUT2D eigenvalue weighted by Gasteiger charge is 2.21. The number of H-pyrrole nitrogens is 1. The van der Waals surface area contributed by atoms with E-state index in [1.807, 2.05) is 4.57 Å². The Balaban J connectivity index is 1.80. The number of aromatic nitrogens is 3. The predicted molar refractivity (Wildman–Crippen MR) is 104 cm³/mol. The molecule has 0 atom stereocenters. The highest BCUT2D eigenvalue weighted by molar-refractivity contribution is 6.08. The summed E-state index contributed by atoms with van der Waals surface area (Å²) in [5.74, 6) is -1.63. The molecule has 3 heterocycles. The molecule has 0 aliphatic carbocycles. The maximum absolute atomic E-state index is 13.1. The first kappa shape index (κ1) is 18.6. The van der Waals surface area contributed by atoms with Crippen LogP contribution in [-0.4, -0.2) is 43.8 Å². The normalized spacial score (nSPS) is 11.2. The van der Waals surface area contributed by atoms with Crippen molar-refractivity contribution in [3.8, 4) is 5.75 Å². The Bertz CT molecular complexity index is 1280. The Morgan fingerprint density at radius 2 is 2.00 bits per heavy atom. The molecule has 9 heteroatoms. The number of rotatable bonds is 5. The van der Waals surface area contributed by atoms with Gasteiger partial charge in [0.05, 0.1) is 23.8 Å². The summed E-state index contributed by atoms with van der Waals surface area (Å²) in [4.78, 5) is 31.4. The molecule has 0 bridgehead atoms. The monoisotopic (exact) mass is 396 g/mol. The first-order valence-corrected chi connectivity index (χ1v) is 8.86. The van der Waals surface area contributed by atoms with Crippen LogP contribution >= 0.6 is 0 Å². The topological polar surface area (TPSA) is 120 Å². The van der Waals surface area contributed by atoms with Gasteiger partial charge < -0.3 is 25.1 Å². The predicted octanol–water partition coefficient (Wildman–Crippen LogP) is 1.49. The first-order valence-electron chi connectivity index (χ1n) is 8.86. The Labute approximate surface area is 163 Å². The van der Waals surface area contributed by atoms with Gasteiger partial charge in [0.25, 0.3) is 11.5 Å². The number of fused-ring (bicyclic) bond motifs is 3. The van der Waals surface area contributed by atoms with E-state index < -0.39 is 22.8 Å². The molecule has 29 heavy (non-hydrogen) atoms. The molecule has 0 fully saturated rings. The molecule has 3 aromatic heterocycles. The summed E-state index contributed by atoms with van der Waals surface area (Å²) in [5, 5.41) is 22.3. The van der Waals surface area contributed by atoms with Gasteiger partial charge >= 0.3 is 0 Å². The summed E-state index contributed by atoms with van der Waals surface area (Å²) in [5.41, 5.74) is 0.771. The smallest absolute Gasteiger partial charge is 0.265 e. The van der Waals surface area contributed by atoms with Crippen LogP contribution in [0.15, 0.2) is 47.5 Å². The standard InChI is InChI=1S/C20H17FN4O4/c21-12-3-1-11(2-4-12)10-25-7-5-13-14(25)9-23-17-16(13)24-20(29)15(18(17)27)19(28)22-6-8-26/h1-5,7,9,26H,6,8,10H2,(H,22,28)(H2,24,27,29). The van der Waals surface area contributed by atoms with Crippen LogP contribution in [0.4, 0.5) is 4.39 Å². The molecular formula is C20H17FN4O4. The molecule has 4 N–H and O–H groups in total. The van der Waals surface area contributed by atoms with E-state index in [2.05, 4.69) is 15.3 Å². The second kappa shape index (κ2) is 7.36. The van der Waals surface area contributed by atoms with Gasteiger partial charge in [-0.3, -0.25) is 9.59 Å². The highest BCUT2D eigenvalue weighted by Crippen LogP contribution is 2.29. The van der Waals surface area contributed by atoms with E-state index in [0.717, 1.165) is 5.56 Å². The minimum absolute atomic E-state index is 0.0472. The Morgan fingerprint density at radius 3 is 2.72 bits per heavy atom. The molecule has 0 saturated heterocycles. The molecule has 4 rings (SSSR count). The lowest BCUT2D eigenvalue weighted by Crippen LogP contribution is -2.31. The fourth-order valence-corrected chi connectivity index (χ4v) is 3.26. The lowest BCUT2D eigenvalue weighted by atomic mass is 10.1. The third-order valence-electron chi connectivity index (χ3n) is 4.65. The van der Waals surface area contributed by atoms with Crippen molar-refractivity contribution in [1.82, 2.24) is 19.9 Å². The zero-order valence-electron chi connectivity index (χ0n) is 15.1. The van der Waals surface area contributed by atoms with Gasteiger partial charge in [0.15, 0.2) is 5.75 Å². The lowest BCUT2D eigenvalue weighted by molar-refractivity contribution is 0.0940. The highest BCUT2D eigenvalue weighted by atomic mass is 19.1. The van der Waals surface area contributed by atoms with Gasteiger partial charge in [-0.25, -0.2) is 9.37 Å². The van der Waals surface area contributed by atoms with Crippen LogP contribution in [0, 0.1) is 5.82 Å². The molecule has 1 aromatic carbocycles. The number of pyridine rings is 2. The Hall–Kier alpha value is -3.72. The van der Waals surface area contributed by atoms with Gasteiger partial charge in [0.2, 0.25) is 0 Å². The number of hydrogen-bond donors (Lipinski definition) is 4. The average Bonchev–Trinajstić information content (AvgIpc) is 3.11. The van der Waals surface area contributed by atoms with Crippen molar-refractivity contribution in [3.05, 3.63) is 70.0 Å². The van der Waals surface area contributed by atoms with E-state index in [-0.39, 0.29) is 24.5 Å². The van der Waals surface area contributed by atoms with Crippen LogP contribution in [0.1, 0.15) is 15.9 Å². The van der Waals surface area contributed by atoms with Crippen LogP contribution in [-0.2, 0) is 6.54 Å². The summed E-state index contributed by atoms with van der Waals surface area (Å²) < 4.78 is 15.0. The molecule has 0 saturated carbocycles. The maximum atomic E-state index is 13.1. The fourth-order valence-electron chi connectivity index (χ4n) is 3.26. The van der Waals surface area contributed by atoms with Crippen molar-refractivity contribution in [1.29, 1.82) is 0 Å². The number of aliphatic hydroxyl groups is 1. The summed E-state index contributed by atoms with van der Waals surface area (Å²) in [7, 11) is 0. The van der Waals surface area contributed by atoms with Crippen molar-refractivity contribution in [2.75, 3.05) is 13.2 Å². The molecule has 148 valence electrons. The van der Waals surface area contributed by atoms with Crippen LogP contribution < -0.4 is 10.9 Å². The number of carbonyl (C=O) groups is 1. The maximum Gasteiger partial charge on any atom is 0.265 e. The molecule has 0 unspecified atom stereocenters. The number of halogens is 1. The zero-order valence-corrected chi connectivity index (χ0v) is 15.1. The quantitative estimate of drug-likeness (QED) is 0.407. The molecular weight excluding hydrogens is 379 g/mol. The van der Waals surface area contributed by atoms with E-state index >= 15 is 0 Å².